The van der Waals surface area contributed by atoms with Crippen molar-refractivity contribution in [1.82, 2.24) is 15.2 Å². The summed E-state index contributed by atoms with van der Waals surface area (Å²) in [6.45, 7) is 8.72. The van der Waals surface area contributed by atoms with Gasteiger partial charge in [-0.2, -0.15) is 0 Å². The highest BCUT2D eigenvalue weighted by Crippen LogP contribution is 2.17. The molecule has 1 N–H and O–H groups in total. The molecule has 1 aromatic rings. The second-order valence-corrected chi connectivity index (χ2v) is 5.07. The van der Waals surface area contributed by atoms with E-state index in [1.165, 1.54) is 0 Å². The van der Waals surface area contributed by atoms with Crippen molar-refractivity contribution in [2.24, 2.45) is 0 Å². The first-order valence-corrected chi connectivity index (χ1v) is 7.67. The molecule has 0 unspecified atom stereocenters. The van der Waals surface area contributed by atoms with Crippen LogP contribution in [0.5, 0.6) is 0 Å². The van der Waals surface area contributed by atoms with E-state index < -0.39 is 0 Å². The van der Waals surface area contributed by atoms with E-state index in [2.05, 4.69) is 21.8 Å². The third kappa shape index (κ3) is 4.45. The molecule has 2 amide bonds. The van der Waals surface area contributed by atoms with E-state index >= 15 is 0 Å². The molecular weight excluding hydrogens is 296 g/mol. The lowest BCUT2D eigenvalue weighted by molar-refractivity contribution is 0.0953. The van der Waals surface area contributed by atoms with Gasteiger partial charge in [-0.05, 0) is 19.1 Å². The lowest BCUT2D eigenvalue weighted by Crippen LogP contribution is -2.49. The summed E-state index contributed by atoms with van der Waals surface area (Å²) in [5, 5.41) is 2.71. The van der Waals surface area contributed by atoms with Gasteiger partial charge in [-0.25, -0.2) is 4.79 Å². The molecule has 23 heavy (non-hydrogen) atoms. The zero-order chi connectivity index (χ0) is 16.7. The zero-order valence-corrected chi connectivity index (χ0v) is 13.3. The Labute approximate surface area is 135 Å². The van der Waals surface area contributed by atoms with Gasteiger partial charge in [0.1, 0.15) is 5.69 Å². The molecule has 0 atom stereocenters. The number of nitrogens with one attached hydrogen (secondary N) is 1. The highest BCUT2D eigenvalue weighted by atomic mass is 16.6. The molecule has 2 rings (SSSR count). The lowest BCUT2D eigenvalue weighted by atomic mass is 10.2. The van der Waals surface area contributed by atoms with Crippen LogP contribution in [0.2, 0.25) is 0 Å². The summed E-state index contributed by atoms with van der Waals surface area (Å²) in [6.07, 6.45) is 2.97. The maximum absolute atomic E-state index is 11.9. The molecule has 7 nitrogen and oxygen atoms in total. The van der Waals surface area contributed by atoms with Gasteiger partial charge in [0.2, 0.25) is 0 Å². The number of carbonyl (C=O) groups excluding carboxylic acids is 2. The molecule has 0 spiro atoms. The Morgan fingerprint density at radius 1 is 1.39 bits per heavy atom. The number of hydrogen-bond donors (Lipinski definition) is 1. The van der Waals surface area contributed by atoms with Gasteiger partial charge in [0, 0.05) is 44.6 Å². The number of piperazine rings is 1. The highest BCUT2D eigenvalue weighted by Gasteiger charge is 2.22. The number of hydrogen-bond acceptors (Lipinski definition) is 5. The minimum absolute atomic E-state index is 0.225. The van der Waals surface area contributed by atoms with E-state index in [0.29, 0.717) is 45.0 Å². The first-order chi connectivity index (χ1) is 11.2. The Bertz CT molecular complexity index is 568. The van der Waals surface area contributed by atoms with Gasteiger partial charge in [-0.1, -0.05) is 6.08 Å². The largest absolute Gasteiger partial charge is 0.450 e. The predicted octanol–water partition coefficient (Wildman–Crippen LogP) is 1.28. The standard InChI is InChI=1S/C16H22N4O3/c1-3-6-18-15(21)14-12-13(5-7-17-14)19-8-10-20(11-9-19)16(22)23-4-2/h3,5,7,12H,1,4,6,8-11H2,2H3,(H,18,21). The number of rotatable bonds is 5. The quantitative estimate of drug-likeness (QED) is 0.828. The van der Waals surface area contributed by atoms with Crippen LogP contribution in [-0.4, -0.2) is 61.2 Å². The van der Waals surface area contributed by atoms with Gasteiger partial charge < -0.3 is 19.9 Å². The molecule has 1 aliphatic heterocycles. The minimum atomic E-state index is -0.272. The van der Waals surface area contributed by atoms with Gasteiger partial charge in [0.25, 0.3) is 5.91 Å². The highest BCUT2D eigenvalue weighted by molar-refractivity contribution is 5.93. The van der Waals surface area contributed by atoms with Gasteiger partial charge in [0.15, 0.2) is 0 Å². The second kappa shape index (κ2) is 8.17. The molecule has 7 heteroatoms. The third-order valence-electron chi connectivity index (χ3n) is 3.55. The summed E-state index contributed by atoms with van der Waals surface area (Å²) in [4.78, 5) is 31.6. The van der Waals surface area contributed by atoms with Gasteiger partial charge in [-0.15, -0.1) is 6.58 Å². The van der Waals surface area contributed by atoms with Crippen LogP contribution in [0.1, 0.15) is 17.4 Å². The topological polar surface area (TPSA) is 74.8 Å². The fraction of sp³-hybridized carbons (Fsp3) is 0.438. The Balaban J connectivity index is 1.97. The lowest BCUT2D eigenvalue weighted by Gasteiger charge is -2.35. The van der Waals surface area contributed by atoms with Crippen molar-refractivity contribution in [3.8, 4) is 0 Å². The molecule has 124 valence electrons. The van der Waals surface area contributed by atoms with Crippen LogP contribution in [0.25, 0.3) is 0 Å². The normalized spacial score (nSPS) is 14.3. The molecule has 2 heterocycles. The molecular formula is C16H22N4O3. The van der Waals surface area contributed by atoms with Crippen molar-refractivity contribution in [3.63, 3.8) is 0 Å². The molecule has 1 aromatic heterocycles. The van der Waals surface area contributed by atoms with Crippen LogP contribution in [0.3, 0.4) is 0 Å². The molecule has 0 aliphatic carbocycles. The number of amides is 2. The fourth-order valence-corrected chi connectivity index (χ4v) is 2.36. The molecule has 1 saturated heterocycles. The summed E-state index contributed by atoms with van der Waals surface area (Å²) < 4.78 is 5.01. The van der Waals surface area contributed by atoms with Crippen LogP contribution in [0.15, 0.2) is 31.0 Å². The van der Waals surface area contributed by atoms with Crippen molar-refractivity contribution < 1.29 is 14.3 Å². The van der Waals surface area contributed by atoms with Crippen LogP contribution in [-0.2, 0) is 4.74 Å². The summed E-state index contributed by atoms with van der Waals surface area (Å²) >= 11 is 0. The maximum atomic E-state index is 11.9. The summed E-state index contributed by atoms with van der Waals surface area (Å²) in [5.74, 6) is -0.225. The number of anilines is 1. The van der Waals surface area contributed by atoms with Crippen LogP contribution < -0.4 is 10.2 Å². The van der Waals surface area contributed by atoms with Gasteiger partial charge in [-0.3, -0.25) is 9.78 Å². The summed E-state index contributed by atoms with van der Waals surface area (Å²) in [5.41, 5.74) is 1.30. The van der Waals surface area contributed by atoms with Crippen LogP contribution in [0.4, 0.5) is 10.5 Å². The molecule has 0 aromatic carbocycles. The zero-order valence-electron chi connectivity index (χ0n) is 13.3. The molecule has 1 fully saturated rings. The number of nitrogens with zero attached hydrogens (tertiary/aromatic N) is 3. The number of ether oxygens (including phenoxy) is 1. The Morgan fingerprint density at radius 3 is 2.78 bits per heavy atom. The Hall–Kier alpha value is -2.57. The first kappa shape index (κ1) is 16.8. The predicted molar refractivity (Wildman–Crippen MR) is 87.6 cm³/mol. The Kier molecular flexibility index (Phi) is 5.96. The first-order valence-electron chi connectivity index (χ1n) is 7.67. The SMILES string of the molecule is C=CCNC(=O)c1cc(N2CCN(C(=O)OCC)CC2)ccn1. The van der Waals surface area contributed by atoms with E-state index in [0.717, 1.165) is 5.69 Å². The fourth-order valence-electron chi connectivity index (χ4n) is 2.36. The Morgan fingerprint density at radius 2 is 2.13 bits per heavy atom. The molecule has 0 bridgehead atoms. The monoisotopic (exact) mass is 318 g/mol. The summed E-state index contributed by atoms with van der Waals surface area (Å²) in [6, 6.07) is 3.63. The van der Waals surface area contributed by atoms with Crippen LogP contribution >= 0.6 is 0 Å². The number of pyridine rings is 1. The van der Waals surface area contributed by atoms with Crippen molar-refractivity contribution in [2.75, 3.05) is 44.2 Å². The van der Waals surface area contributed by atoms with Crippen LogP contribution in [0, 0.1) is 0 Å². The third-order valence-corrected chi connectivity index (χ3v) is 3.55. The van der Waals surface area contributed by atoms with E-state index in [9.17, 15) is 9.59 Å². The second-order valence-electron chi connectivity index (χ2n) is 5.07. The van der Waals surface area contributed by atoms with Crippen molar-refractivity contribution in [2.45, 2.75) is 6.92 Å². The van der Waals surface area contributed by atoms with Crippen molar-refractivity contribution in [1.29, 1.82) is 0 Å². The molecule has 0 radical (unpaired) electrons. The average molecular weight is 318 g/mol. The van der Waals surface area contributed by atoms with E-state index in [1.807, 2.05) is 6.07 Å². The van der Waals surface area contributed by atoms with E-state index in [1.54, 1.807) is 30.2 Å². The number of aromatic nitrogens is 1. The molecule has 0 saturated carbocycles. The van der Waals surface area contributed by atoms with Gasteiger partial charge in [0.05, 0.1) is 6.61 Å². The van der Waals surface area contributed by atoms with Gasteiger partial charge >= 0.3 is 6.09 Å². The number of carbonyl (C=O) groups is 2. The smallest absolute Gasteiger partial charge is 0.409 e. The average Bonchev–Trinajstić information content (AvgIpc) is 2.60. The van der Waals surface area contributed by atoms with Crippen molar-refractivity contribution in [3.05, 3.63) is 36.7 Å². The van der Waals surface area contributed by atoms with E-state index in [-0.39, 0.29) is 12.0 Å². The molecule has 1 aliphatic rings. The minimum Gasteiger partial charge on any atom is -0.450 e. The maximum Gasteiger partial charge on any atom is 0.409 e. The summed E-state index contributed by atoms with van der Waals surface area (Å²) in [7, 11) is 0. The van der Waals surface area contributed by atoms with Crippen molar-refractivity contribution >= 4 is 17.7 Å². The van der Waals surface area contributed by atoms with E-state index in [4.69, 9.17) is 4.74 Å².